The largest absolute Gasteiger partial charge is 0.325 e. The Balaban J connectivity index is 2.59. The van der Waals surface area contributed by atoms with Crippen LogP contribution in [0.3, 0.4) is 0 Å². The van der Waals surface area contributed by atoms with Crippen molar-refractivity contribution in [1.82, 2.24) is 10.2 Å². The molecule has 1 amide bonds. The third kappa shape index (κ3) is 2.69. The highest BCUT2D eigenvalue weighted by Gasteiger charge is 2.27. The van der Waals surface area contributed by atoms with E-state index in [1.165, 1.54) is 12.8 Å². The molecule has 1 N–H and O–H groups in total. The van der Waals surface area contributed by atoms with E-state index in [-0.39, 0.29) is 11.7 Å². The van der Waals surface area contributed by atoms with Crippen molar-refractivity contribution in [2.24, 2.45) is 0 Å². The Hall–Kier alpha value is -0.570. The lowest BCUT2D eigenvalue weighted by molar-refractivity contribution is -0.126. The standard InChI is InChI=1S/C10H20N2O/c1-10(2,3)12(8-13)9-6-4-5-7-11-9/h8-9,11H,4-7H2,1-3H3. The summed E-state index contributed by atoms with van der Waals surface area (Å²) in [6, 6.07) is 0. The molecule has 1 fully saturated rings. The Bertz CT molecular complexity index is 168. The normalized spacial score (nSPS) is 24.1. The predicted octanol–water partition coefficient (Wildman–Crippen LogP) is 1.34. The lowest BCUT2D eigenvalue weighted by atomic mass is 10.0. The fourth-order valence-corrected chi connectivity index (χ4v) is 1.77. The number of nitrogens with one attached hydrogen (secondary N) is 1. The maximum Gasteiger partial charge on any atom is 0.211 e. The van der Waals surface area contributed by atoms with E-state index < -0.39 is 0 Å². The van der Waals surface area contributed by atoms with E-state index >= 15 is 0 Å². The Labute approximate surface area is 80.5 Å². The third-order valence-corrected chi connectivity index (χ3v) is 2.51. The summed E-state index contributed by atoms with van der Waals surface area (Å²) in [5.41, 5.74) is -0.0727. The zero-order chi connectivity index (χ0) is 9.90. The summed E-state index contributed by atoms with van der Waals surface area (Å²) < 4.78 is 0. The summed E-state index contributed by atoms with van der Waals surface area (Å²) in [4.78, 5) is 12.8. The van der Waals surface area contributed by atoms with Gasteiger partial charge in [-0.25, -0.2) is 0 Å². The van der Waals surface area contributed by atoms with Crippen LogP contribution in [0.5, 0.6) is 0 Å². The first kappa shape index (κ1) is 10.5. The number of rotatable bonds is 2. The summed E-state index contributed by atoms with van der Waals surface area (Å²) in [7, 11) is 0. The van der Waals surface area contributed by atoms with Gasteiger partial charge in [-0.3, -0.25) is 10.1 Å². The van der Waals surface area contributed by atoms with Gasteiger partial charge >= 0.3 is 0 Å². The molecule has 1 rings (SSSR count). The van der Waals surface area contributed by atoms with Gasteiger partial charge in [-0.05, 0) is 46.6 Å². The molecule has 0 aromatic carbocycles. The fraction of sp³-hybridized carbons (Fsp3) is 0.900. The highest BCUT2D eigenvalue weighted by atomic mass is 16.1. The molecular weight excluding hydrogens is 164 g/mol. The van der Waals surface area contributed by atoms with Crippen molar-refractivity contribution in [2.45, 2.75) is 51.7 Å². The van der Waals surface area contributed by atoms with Gasteiger partial charge in [0.15, 0.2) is 0 Å². The van der Waals surface area contributed by atoms with Crippen LogP contribution < -0.4 is 5.32 Å². The summed E-state index contributed by atoms with van der Waals surface area (Å²) in [5.74, 6) is 0. The smallest absolute Gasteiger partial charge is 0.211 e. The molecule has 0 aromatic rings. The Kier molecular flexibility index (Phi) is 3.31. The molecule has 3 nitrogen and oxygen atoms in total. The highest BCUT2D eigenvalue weighted by Crippen LogP contribution is 2.18. The molecule has 0 aliphatic carbocycles. The maximum atomic E-state index is 10.9. The zero-order valence-electron chi connectivity index (χ0n) is 8.84. The number of carbonyl (C=O) groups excluding carboxylic acids is 1. The first-order chi connectivity index (χ1) is 6.05. The summed E-state index contributed by atoms with van der Waals surface area (Å²) >= 11 is 0. The third-order valence-electron chi connectivity index (χ3n) is 2.51. The van der Waals surface area contributed by atoms with Crippen LogP contribution in [0.1, 0.15) is 40.0 Å². The molecule has 0 bridgehead atoms. The Morgan fingerprint density at radius 2 is 2.08 bits per heavy atom. The van der Waals surface area contributed by atoms with E-state index in [9.17, 15) is 4.79 Å². The van der Waals surface area contributed by atoms with Gasteiger partial charge < -0.3 is 4.90 Å². The molecule has 1 heterocycles. The molecule has 0 saturated carbocycles. The molecule has 1 aliphatic rings. The average molecular weight is 184 g/mol. The zero-order valence-corrected chi connectivity index (χ0v) is 8.84. The molecular formula is C10H20N2O. The number of nitrogens with zero attached hydrogens (tertiary/aromatic N) is 1. The molecule has 0 aromatic heterocycles. The first-order valence-electron chi connectivity index (χ1n) is 5.03. The second-order valence-electron chi connectivity index (χ2n) is 4.65. The predicted molar refractivity (Wildman–Crippen MR) is 53.3 cm³/mol. The second kappa shape index (κ2) is 4.09. The minimum atomic E-state index is -0.0727. The van der Waals surface area contributed by atoms with Crippen LogP contribution in [0, 0.1) is 0 Å². The van der Waals surface area contributed by atoms with Crippen molar-refractivity contribution in [3.8, 4) is 0 Å². The summed E-state index contributed by atoms with van der Waals surface area (Å²) in [5, 5.41) is 3.37. The van der Waals surface area contributed by atoms with Crippen LogP contribution in [-0.2, 0) is 4.79 Å². The fourth-order valence-electron chi connectivity index (χ4n) is 1.77. The van der Waals surface area contributed by atoms with Crippen molar-refractivity contribution in [3.05, 3.63) is 0 Å². The van der Waals surface area contributed by atoms with Crippen molar-refractivity contribution >= 4 is 6.41 Å². The number of amides is 1. The minimum absolute atomic E-state index is 0.0727. The van der Waals surface area contributed by atoms with Crippen LogP contribution in [0.2, 0.25) is 0 Å². The summed E-state index contributed by atoms with van der Waals surface area (Å²) in [6.07, 6.45) is 4.73. The van der Waals surface area contributed by atoms with Crippen molar-refractivity contribution in [1.29, 1.82) is 0 Å². The molecule has 0 radical (unpaired) electrons. The van der Waals surface area contributed by atoms with Crippen LogP contribution in [-0.4, -0.2) is 29.6 Å². The van der Waals surface area contributed by atoms with Crippen molar-refractivity contribution in [2.75, 3.05) is 6.54 Å². The number of piperidine rings is 1. The second-order valence-corrected chi connectivity index (χ2v) is 4.65. The van der Waals surface area contributed by atoms with E-state index in [0.29, 0.717) is 0 Å². The molecule has 1 atom stereocenters. The topological polar surface area (TPSA) is 32.3 Å². The Morgan fingerprint density at radius 1 is 1.38 bits per heavy atom. The van der Waals surface area contributed by atoms with Crippen LogP contribution in [0.4, 0.5) is 0 Å². The lowest BCUT2D eigenvalue weighted by Crippen LogP contribution is -2.55. The van der Waals surface area contributed by atoms with Gasteiger partial charge in [0.1, 0.15) is 0 Å². The van der Waals surface area contributed by atoms with E-state index in [2.05, 4.69) is 26.1 Å². The van der Waals surface area contributed by atoms with Gasteiger partial charge in [0.05, 0.1) is 6.17 Å². The van der Waals surface area contributed by atoms with Crippen LogP contribution >= 0.6 is 0 Å². The van der Waals surface area contributed by atoms with E-state index in [1.54, 1.807) is 0 Å². The van der Waals surface area contributed by atoms with Gasteiger partial charge in [0, 0.05) is 5.54 Å². The molecule has 1 saturated heterocycles. The SMILES string of the molecule is CC(C)(C)N(C=O)C1CCCCN1. The summed E-state index contributed by atoms with van der Waals surface area (Å²) in [6.45, 7) is 7.23. The molecule has 1 aliphatic heterocycles. The van der Waals surface area contributed by atoms with Crippen LogP contribution in [0.25, 0.3) is 0 Å². The van der Waals surface area contributed by atoms with Gasteiger partial charge in [0.25, 0.3) is 0 Å². The quantitative estimate of drug-likeness (QED) is 0.657. The minimum Gasteiger partial charge on any atom is -0.325 e. The molecule has 0 spiro atoms. The molecule has 3 heteroatoms. The first-order valence-corrected chi connectivity index (χ1v) is 5.03. The van der Waals surface area contributed by atoms with Crippen molar-refractivity contribution in [3.63, 3.8) is 0 Å². The van der Waals surface area contributed by atoms with Gasteiger partial charge in [0.2, 0.25) is 6.41 Å². The average Bonchev–Trinajstić information content (AvgIpc) is 2.05. The molecule has 13 heavy (non-hydrogen) atoms. The number of hydrogen-bond acceptors (Lipinski definition) is 2. The highest BCUT2D eigenvalue weighted by molar-refractivity contribution is 5.49. The van der Waals surface area contributed by atoms with Crippen molar-refractivity contribution < 1.29 is 4.79 Å². The van der Waals surface area contributed by atoms with E-state index in [1.807, 2.05) is 4.90 Å². The maximum absolute atomic E-state index is 10.9. The molecule has 76 valence electrons. The van der Waals surface area contributed by atoms with Gasteiger partial charge in [-0.1, -0.05) is 0 Å². The lowest BCUT2D eigenvalue weighted by Gasteiger charge is -2.41. The van der Waals surface area contributed by atoms with Crippen LogP contribution in [0.15, 0.2) is 0 Å². The van der Waals surface area contributed by atoms with E-state index in [4.69, 9.17) is 0 Å². The number of carbonyl (C=O) groups is 1. The number of hydrogen-bond donors (Lipinski definition) is 1. The van der Waals surface area contributed by atoms with Gasteiger partial charge in [-0.2, -0.15) is 0 Å². The molecule has 1 unspecified atom stereocenters. The van der Waals surface area contributed by atoms with E-state index in [0.717, 1.165) is 19.4 Å². The van der Waals surface area contributed by atoms with Gasteiger partial charge in [-0.15, -0.1) is 0 Å². The Morgan fingerprint density at radius 3 is 2.46 bits per heavy atom. The monoisotopic (exact) mass is 184 g/mol.